The van der Waals surface area contributed by atoms with Crippen LogP contribution in [0.1, 0.15) is 17.3 Å². The minimum absolute atomic E-state index is 0.0835. The van der Waals surface area contributed by atoms with Gasteiger partial charge >= 0.3 is 5.97 Å². The van der Waals surface area contributed by atoms with E-state index in [0.717, 1.165) is 0 Å². The Hall–Kier alpha value is -2.14. The number of anilines is 1. The van der Waals surface area contributed by atoms with Crippen molar-refractivity contribution in [3.05, 3.63) is 40.9 Å². The lowest BCUT2D eigenvalue weighted by Crippen LogP contribution is -2.30. The van der Waals surface area contributed by atoms with Crippen molar-refractivity contribution in [3.8, 4) is 0 Å². The number of esters is 1. The zero-order valence-electron chi connectivity index (χ0n) is 10.8. The van der Waals surface area contributed by atoms with Crippen molar-refractivity contribution in [3.63, 3.8) is 0 Å². The molecule has 0 bridgehead atoms. The smallest absolute Gasteiger partial charge is 0.330 e. The maximum Gasteiger partial charge on any atom is 0.330 e. The van der Waals surface area contributed by atoms with Crippen molar-refractivity contribution in [2.24, 2.45) is 0 Å². The van der Waals surface area contributed by atoms with E-state index in [2.05, 4.69) is 0 Å². The number of halogens is 1. The van der Waals surface area contributed by atoms with Crippen LogP contribution in [0, 0.1) is 0 Å². The van der Waals surface area contributed by atoms with Crippen molar-refractivity contribution in [1.82, 2.24) is 0 Å². The first-order chi connectivity index (χ1) is 9.56. The lowest BCUT2D eigenvalue weighted by atomic mass is 10.1. The number of para-hydroxylation sites is 1. The zero-order chi connectivity index (χ0) is 14.7. The van der Waals surface area contributed by atoms with Gasteiger partial charge in [-0.2, -0.15) is 0 Å². The van der Waals surface area contributed by atoms with E-state index in [1.165, 1.54) is 17.1 Å². The molecule has 5 nitrogen and oxygen atoms in total. The van der Waals surface area contributed by atoms with E-state index in [4.69, 9.17) is 16.3 Å². The van der Waals surface area contributed by atoms with Gasteiger partial charge in [-0.15, -0.1) is 0 Å². The first-order valence-corrected chi connectivity index (χ1v) is 6.42. The Morgan fingerprint density at radius 2 is 2.15 bits per heavy atom. The number of Topliss-reactive ketones (excluding diaryl/α,β-unsaturated/α-hetero) is 1. The van der Waals surface area contributed by atoms with E-state index in [1.54, 1.807) is 25.1 Å². The number of carbonyl (C=O) groups excluding carboxylic acids is 3. The number of benzene rings is 1. The first-order valence-electron chi connectivity index (χ1n) is 6.04. The van der Waals surface area contributed by atoms with Gasteiger partial charge in [0.15, 0.2) is 0 Å². The van der Waals surface area contributed by atoms with Gasteiger partial charge in [0.1, 0.15) is 0 Å². The van der Waals surface area contributed by atoms with Gasteiger partial charge in [0.2, 0.25) is 0 Å². The molecule has 0 radical (unpaired) electrons. The quantitative estimate of drug-likeness (QED) is 0.484. The largest absolute Gasteiger partial charge is 0.463 e. The van der Waals surface area contributed by atoms with Crippen LogP contribution in [0.4, 0.5) is 5.69 Å². The second kappa shape index (κ2) is 5.88. The normalized spacial score (nSPS) is 14.0. The summed E-state index contributed by atoms with van der Waals surface area (Å²) >= 11 is 6.02. The Balaban J connectivity index is 2.20. The molecule has 1 aromatic carbocycles. The van der Waals surface area contributed by atoms with E-state index in [1.807, 2.05) is 0 Å². The lowest BCUT2D eigenvalue weighted by Gasteiger charge is -2.15. The van der Waals surface area contributed by atoms with Crippen LogP contribution in [0.3, 0.4) is 0 Å². The number of fused-ring (bicyclic) bond motifs is 1. The summed E-state index contributed by atoms with van der Waals surface area (Å²) in [4.78, 5) is 36.1. The number of ketones is 1. The molecule has 6 heteroatoms. The van der Waals surface area contributed by atoms with Gasteiger partial charge in [0.05, 0.1) is 22.9 Å². The van der Waals surface area contributed by atoms with Gasteiger partial charge in [-0.3, -0.25) is 14.5 Å². The van der Waals surface area contributed by atoms with Gasteiger partial charge in [-0.1, -0.05) is 23.7 Å². The third-order valence-corrected chi connectivity index (χ3v) is 3.07. The molecular weight excluding hydrogens is 282 g/mol. The molecular formula is C14H12ClNO4. The molecule has 20 heavy (non-hydrogen) atoms. The van der Waals surface area contributed by atoms with Crippen LogP contribution in [0.15, 0.2) is 30.4 Å². The molecule has 0 saturated heterocycles. The average Bonchev–Trinajstić information content (AvgIpc) is 2.66. The molecule has 2 rings (SSSR count). The predicted molar refractivity (Wildman–Crippen MR) is 73.9 cm³/mol. The molecule has 0 spiro atoms. The monoisotopic (exact) mass is 293 g/mol. The molecule has 0 fully saturated rings. The topological polar surface area (TPSA) is 63.7 Å². The number of rotatable bonds is 4. The number of hydrogen-bond acceptors (Lipinski definition) is 4. The second-order valence-electron chi connectivity index (χ2n) is 4.04. The van der Waals surface area contributed by atoms with E-state index in [-0.39, 0.29) is 18.7 Å². The summed E-state index contributed by atoms with van der Waals surface area (Å²) in [5, 5.41) is 0.325. The summed E-state index contributed by atoms with van der Waals surface area (Å²) in [5.74, 6) is -1.74. The predicted octanol–water partition coefficient (Wildman–Crippen LogP) is 1.99. The highest BCUT2D eigenvalue weighted by atomic mass is 35.5. The number of nitrogens with zero attached hydrogens (tertiary/aromatic N) is 1. The van der Waals surface area contributed by atoms with Crippen molar-refractivity contribution in [2.45, 2.75) is 6.92 Å². The van der Waals surface area contributed by atoms with Crippen LogP contribution in [0.25, 0.3) is 0 Å². The van der Waals surface area contributed by atoms with Crippen LogP contribution < -0.4 is 4.90 Å². The molecule has 1 aromatic rings. The molecule has 0 unspecified atom stereocenters. The highest BCUT2D eigenvalue weighted by Crippen LogP contribution is 2.35. The summed E-state index contributed by atoms with van der Waals surface area (Å²) in [6.45, 7) is 2.06. The molecule has 0 aliphatic carbocycles. The van der Waals surface area contributed by atoms with Gasteiger partial charge in [-0.05, 0) is 19.1 Å². The van der Waals surface area contributed by atoms with E-state index >= 15 is 0 Å². The van der Waals surface area contributed by atoms with Gasteiger partial charge in [-0.25, -0.2) is 4.79 Å². The van der Waals surface area contributed by atoms with Crippen LogP contribution in [-0.2, 0) is 14.3 Å². The molecule has 1 aliphatic rings. The molecule has 1 aliphatic heterocycles. The summed E-state index contributed by atoms with van der Waals surface area (Å²) in [5.41, 5.74) is 0.671. The summed E-state index contributed by atoms with van der Waals surface area (Å²) in [7, 11) is 0. The number of carbonyl (C=O) groups is 3. The minimum Gasteiger partial charge on any atom is -0.463 e. The molecule has 1 heterocycles. The van der Waals surface area contributed by atoms with Crippen molar-refractivity contribution in [1.29, 1.82) is 0 Å². The maximum atomic E-state index is 11.9. The summed E-state index contributed by atoms with van der Waals surface area (Å²) < 4.78 is 4.73. The van der Waals surface area contributed by atoms with Crippen LogP contribution >= 0.6 is 11.6 Å². The Morgan fingerprint density at radius 3 is 2.85 bits per heavy atom. The zero-order valence-corrected chi connectivity index (χ0v) is 11.5. The molecule has 0 atom stereocenters. The Labute approximate surface area is 120 Å². The molecule has 0 N–H and O–H groups in total. The molecule has 104 valence electrons. The second-order valence-corrected chi connectivity index (χ2v) is 4.44. The lowest BCUT2D eigenvalue weighted by molar-refractivity contribution is -0.137. The van der Waals surface area contributed by atoms with Gasteiger partial charge in [0.25, 0.3) is 11.7 Å². The van der Waals surface area contributed by atoms with E-state index in [9.17, 15) is 14.4 Å². The van der Waals surface area contributed by atoms with Gasteiger partial charge in [0, 0.05) is 12.6 Å². The van der Waals surface area contributed by atoms with Gasteiger partial charge < -0.3 is 4.74 Å². The van der Waals surface area contributed by atoms with Crippen molar-refractivity contribution >= 4 is 34.9 Å². The number of hydrogen-bond donors (Lipinski definition) is 0. The fourth-order valence-electron chi connectivity index (χ4n) is 1.93. The fourth-order valence-corrected chi connectivity index (χ4v) is 2.21. The Kier molecular flexibility index (Phi) is 4.20. The van der Waals surface area contributed by atoms with Crippen LogP contribution in [0.2, 0.25) is 5.02 Å². The Bertz CT molecular complexity index is 609. The minimum atomic E-state index is -0.651. The van der Waals surface area contributed by atoms with Crippen molar-refractivity contribution in [2.75, 3.05) is 18.1 Å². The van der Waals surface area contributed by atoms with E-state index in [0.29, 0.717) is 10.7 Å². The summed E-state index contributed by atoms with van der Waals surface area (Å²) in [6.07, 6.45) is 2.68. The number of amides is 1. The Morgan fingerprint density at radius 1 is 1.40 bits per heavy atom. The standard InChI is InChI=1S/C14H12ClNO4/c1-2-20-11(17)7-4-8-16-12-9(13(18)14(16)19)5-3-6-10(12)15/h3-7H,2,8H2,1H3/b7-4+. The molecule has 1 amide bonds. The SMILES string of the molecule is CCOC(=O)/C=C/CN1C(=O)C(=O)c2cccc(Cl)c21. The third kappa shape index (κ3) is 2.58. The fraction of sp³-hybridized carbons (Fsp3) is 0.214. The maximum absolute atomic E-state index is 11.9. The van der Waals surface area contributed by atoms with Crippen LogP contribution in [-0.4, -0.2) is 30.8 Å². The highest BCUT2D eigenvalue weighted by Gasteiger charge is 2.36. The highest BCUT2D eigenvalue weighted by molar-refractivity contribution is 6.54. The molecule has 0 saturated carbocycles. The summed E-state index contributed by atoms with van der Waals surface area (Å²) in [6, 6.07) is 4.77. The van der Waals surface area contributed by atoms with Crippen molar-refractivity contribution < 1.29 is 19.1 Å². The molecule has 0 aromatic heterocycles. The van der Waals surface area contributed by atoms with Crippen LogP contribution in [0.5, 0.6) is 0 Å². The van der Waals surface area contributed by atoms with E-state index < -0.39 is 17.7 Å². The third-order valence-electron chi connectivity index (χ3n) is 2.77. The average molecular weight is 294 g/mol. The number of ether oxygens (including phenoxy) is 1. The first kappa shape index (κ1) is 14.3.